The summed E-state index contributed by atoms with van der Waals surface area (Å²) in [6.07, 6.45) is 0.182. The quantitative estimate of drug-likeness (QED) is 0.792. The monoisotopic (exact) mass is 365 g/mol. The van der Waals surface area contributed by atoms with E-state index >= 15 is 0 Å². The van der Waals surface area contributed by atoms with Gasteiger partial charge in [-0.3, -0.25) is 4.79 Å². The molecule has 0 aliphatic heterocycles. The number of amides is 1. The van der Waals surface area contributed by atoms with Crippen molar-refractivity contribution in [3.05, 3.63) is 64.4 Å². The molecular weight excluding hydrogens is 345 g/mol. The van der Waals surface area contributed by atoms with Crippen LogP contribution in [0.15, 0.2) is 42.5 Å². The predicted octanol–water partition coefficient (Wildman–Crippen LogP) is 3.14. The number of hydrogen-bond acceptors (Lipinski definition) is 3. The maximum Gasteiger partial charge on any atom is 0.224 e. The number of hydrogen-bond donors (Lipinski definition) is 2. The number of carbonyl (C=O) groups is 1. The molecule has 0 aliphatic carbocycles. The van der Waals surface area contributed by atoms with E-state index in [0.29, 0.717) is 6.42 Å². The van der Waals surface area contributed by atoms with Crippen LogP contribution in [0.5, 0.6) is 5.75 Å². The minimum Gasteiger partial charge on any atom is -0.497 e. The highest BCUT2D eigenvalue weighted by molar-refractivity contribution is 6.31. The lowest BCUT2D eigenvalue weighted by Gasteiger charge is -2.24. The third kappa shape index (κ3) is 5.73. The lowest BCUT2D eigenvalue weighted by molar-refractivity contribution is -0.121. The summed E-state index contributed by atoms with van der Waals surface area (Å²) in [5.74, 6) is -0.187. The van der Waals surface area contributed by atoms with Gasteiger partial charge in [-0.05, 0) is 36.8 Å². The Morgan fingerprint density at radius 1 is 1.28 bits per heavy atom. The highest BCUT2D eigenvalue weighted by atomic mass is 35.5. The SMILES string of the molecule is COc1ccc(C[C@@](C)(O)CNC(=O)Cc2c(F)cccc2Cl)cc1. The number of aliphatic hydroxyl groups is 1. The molecule has 0 radical (unpaired) electrons. The zero-order chi connectivity index (χ0) is 18.4. The average Bonchev–Trinajstić information content (AvgIpc) is 2.57. The van der Waals surface area contributed by atoms with Gasteiger partial charge >= 0.3 is 0 Å². The third-order valence-electron chi connectivity index (χ3n) is 3.81. The smallest absolute Gasteiger partial charge is 0.224 e. The molecule has 134 valence electrons. The lowest BCUT2D eigenvalue weighted by Crippen LogP contribution is -2.42. The number of methoxy groups -OCH3 is 1. The molecule has 2 N–H and O–H groups in total. The molecule has 6 heteroatoms. The molecule has 0 spiro atoms. The van der Waals surface area contributed by atoms with E-state index in [4.69, 9.17) is 16.3 Å². The van der Waals surface area contributed by atoms with Crippen molar-refractivity contribution in [3.8, 4) is 5.75 Å². The Labute approximate surface area is 151 Å². The van der Waals surface area contributed by atoms with Crippen LogP contribution in [0.1, 0.15) is 18.1 Å². The first kappa shape index (κ1) is 19.2. The Bertz CT molecular complexity index is 712. The minimum absolute atomic E-state index is 0.0456. The first-order valence-electron chi connectivity index (χ1n) is 7.85. The number of rotatable bonds is 7. The van der Waals surface area contributed by atoms with Gasteiger partial charge in [-0.2, -0.15) is 0 Å². The fourth-order valence-corrected chi connectivity index (χ4v) is 2.69. The van der Waals surface area contributed by atoms with Crippen LogP contribution in [0.3, 0.4) is 0 Å². The molecule has 2 rings (SSSR count). The van der Waals surface area contributed by atoms with Crippen molar-refractivity contribution >= 4 is 17.5 Å². The minimum atomic E-state index is -1.14. The van der Waals surface area contributed by atoms with Crippen LogP contribution in [0, 0.1) is 5.82 Å². The average molecular weight is 366 g/mol. The van der Waals surface area contributed by atoms with Crippen molar-refractivity contribution in [3.63, 3.8) is 0 Å². The van der Waals surface area contributed by atoms with Crippen LogP contribution in [-0.2, 0) is 17.6 Å². The molecule has 0 aromatic heterocycles. The van der Waals surface area contributed by atoms with E-state index < -0.39 is 17.3 Å². The molecule has 0 saturated carbocycles. The van der Waals surface area contributed by atoms with Gasteiger partial charge in [0.15, 0.2) is 0 Å². The standard InChI is InChI=1S/C19H21ClFNO3/c1-19(24,11-13-6-8-14(25-2)9-7-13)12-22-18(23)10-15-16(20)4-3-5-17(15)21/h3-9,24H,10-12H2,1-2H3,(H,22,23)/t19-/m1/s1. The van der Waals surface area contributed by atoms with E-state index in [-0.39, 0.29) is 23.6 Å². The normalized spacial score (nSPS) is 13.2. The molecule has 25 heavy (non-hydrogen) atoms. The van der Waals surface area contributed by atoms with Gasteiger partial charge in [-0.25, -0.2) is 4.39 Å². The first-order chi connectivity index (χ1) is 11.8. The van der Waals surface area contributed by atoms with E-state index in [9.17, 15) is 14.3 Å². The molecular formula is C19H21ClFNO3. The maximum absolute atomic E-state index is 13.7. The molecule has 2 aromatic rings. The van der Waals surface area contributed by atoms with E-state index in [2.05, 4.69) is 5.32 Å². The summed E-state index contributed by atoms with van der Waals surface area (Å²) in [6, 6.07) is 11.6. The number of halogens is 2. The molecule has 0 aliphatic rings. The Kier molecular flexibility index (Phi) is 6.39. The fraction of sp³-hybridized carbons (Fsp3) is 0.316. The van der Waals surface area contributed by atoms with Crippen molar-refractivity contribution in [2.75, 3.05) is 13.7 Å². The Morgan fingerprint density at radius 2 is 1.96 bits per heavy atom. The summed E-state index contributed by atoms with van der Waals surface area (Å²) in [5.41, 5.74) is -0.0721. The van der Waals surface area contributed by atoms with Crippen LogP contribution in [0.2, 0.25) is 5.02 Å². The second-order valence-electron chi connectivity index (χ2n) is 6.18. The van der Waals surface area contributed by atoms with Crippen LogP contribution < -0.4 is 10.1 Å². The van der Waals surface area contributed by atoms with Crippen molar-refractivity contribution in [2.45, 2.75) is 25.4 Å². The van der Waals surface area contributed by atoms with Crippen LogP contribution in [-0.4, -0.2) is 30.3 Å². The van der Waals surface area contributed by atoms with Gasteiger partial charge in [-0.1, -0.05) is 29.8 Å². The van der Waals surface area contributed by atoms with E-state index in [1.54, 1.807) is 14.0 Å². The number of nitrogens with one attached hydrogen (secondary N) is 1. The Morgan fingerprint density at radius 3 is 2.56 bits per heavy atom. The molecule has 1 atom stereocenters. The van der Waals surface area contributed by atoms with Crippen molar-refractivity contribution < 1.29 is 19.0 Å². The number of carbonyl (C=O) groups excluding carboxylic acids is 1. The topological polar surface area (TPSA) is 58.6 Å². The first-order valence-corrected chi connectivity index (χ1v) is 8.23. The summed E-state index contributed by atoms with van der Waals surface area (Å²) in [5, 5.41) is 13.3. The van der Waals surface area contributed by atoms with Crippen LogP contribution >= 0.6 is 11.6 Å². The summed E-state index contributed by atoms with van der Waals surface area (Å²) in [6.45, 7) is 1.68. The molecule has 0 bridgehead atoms. The third-order valence-corrected chi connectivity index (χ3v) is 4.16. The molecule has 2 aromatic carbocycles. The van der Waals surface area contributed by atoms with Gasteiger partial charge in [0.1, 0.15) is 11.6 Å². The molecule has 4 nitrogen and oxygen atoms in total. The second kappa shape index (κ2) is 8.32. The Balaban J connectivity index is 1.90. The molecule has 1 amide bonds. The fourth-order valence-electron chi connectivity index (χ4n) is 2.46. The van der Waals surface area contributed by atoms with E-state index in [0.717, 1.165) is 11.3 Å². The number of benzene rings is 2. The zero-order valence-electron chi connectivity index (χ0n) is 14.2. The molecule has 0 heterocycles. The molecule has 0 saturated heterocycles. The molecule has 0 unspecified atom stereocenters. The van der Waals surface area contributed by atoms with Gasteiger partial charge in [-0.15, -0.1) is 0 Å². The largest absolute Gasteiger partial charge is 0.497 e. The summed E-state index contributed by atoms with van der Waals surface area (Å²) in [7, 11) is 1.59. The van der Waals surface area contributed by atoms with E-state index in [1.807, 2.05) is 24.3 Å². The predicted molar refractivity (Wildman–Crippen MR) is 95.4 cm³/mol. The maximum atomic E-state index is 13.7. The summed E-state index contributed by atoms with van der Waals surface area (Å²) < 4.78 is 18.8. The second-order valence-corrected chi connectivity index (χ2v) is 6.58. The van der Waals surface area contributed by atoms with Crippen molar-refractivity contribution in [1.29, 1.82) is 0 Å². The highest BCUT2D eigenvalue weighted by Gasteiger charge is 2.22. The van der Waals surface area contributed by atoms with Gasteiger partial charge in [0, 0.05) is 23.6 Å². The van der Waals surface area contributed by atoms with Gasteiger partial charge in [0.05, 0.1) is 19.1 Å². The zero-order valence-corrected chi connectivity index (χ0v) is 14.9. The van der Waals surface area contributed by atoms with E-state index in [1.165, 1.54) is 18.2 Å². The highest BCUT2D eigenvalue weighted by Crippen LogP contribution is 2.20. The van der Waals surface area contributed by atoms with Gasteiger partial charge in [0.2, 0.25) is 5.91 Å². The van der Waals surface area contributed by atoms with Crippen molar-refractivity contribution in [2.24, 2.45) is 0 Å². The van der Waals surface area contributed by atoms with Gasteiger partial charge in [0.25, 0.3) is 0 Å². The van der Waals surface area contributed by atoms with Crippen LogP contribution in [0.4, 0.5) is 4.39 Å². The molecule has 0 fully saturated rings. The number of ether oxygens (including phenoxy) is 1. The lowest BCUT2D eigenvalue weighted by atomic mass is 9.96. The van der Waals surface area contributed by atoms with Gasteiger partial charge < -0.3 is 15.2 Å². The summed E-state index contributed by atoms with van der Waals surface area (Å²) >= 11 is 5.92. The Hall–Kier alpha value is -2.11. The summed E-state index contributed by atoms with van der Waals surface area (Å²) in [4.78, 5) is 12.0. The van der Waals surface area contributed by atoms with Crippen LogP contribution in [0.25, 0.3) is 0 Å². The van der Waals surface area contributed by atoms with Crippen molar-refractivity contribution in [1.82, 2.24) is 5.32 Å².